The van der Waals surface area contributed by atoms with E-state index in [2.05, 4.69) is 15.3 Å². The first-order valence-corrected chi connectivity index (χ1v) is 8.97. The summed E-state index contributed by atoms with van der Waals surface area (Å²) in [5.41, 5.74) is -1.96. The number of urea groups is 1. The molecular formula is C13H15F3N4O4S. The van der Waals surface area contributed by atoms with Crippen LogP contribution in [0.4, 0.5) is 18.0 Å². The lowest BCUT2D eigenvalue weighted by Gasteiger charge is -2.43. The maximum Gasteiger partial charge on any atom is 0.398 e. The topological polar surface area (TPSA) is 101 Å². The number of hydrogen-bond acceptors (Lipinski definition) is 6. The third-order valence-corrected chi connectivity index (χ3v) is 6.90. The van der Waals surface area contributed by atoms with Crippen molar-refractivity contribution >= 4 is 15.9 Å². The first-order valence-electron chi connectivity index (χ1n) is 7.26. The van der Waals surface area contributed by atoms with Crippen molar-refractivity contribution in [1.82, 2.24) is 20.2 Å². The predicted molar refractivity (Wildman–Crippen MR) is 78.5 cm³/mol. The Bertz CT molecular complexity index is 801. The summed E-state index contributed by atoms with van der Waals surface area (Å²) in [4.78, 5) is 20.8. The van der Waals surface area contributed by atoms with Crippen molar-refractivity contribution in [3.05, 3.63) is 18.0 Å². The number of amides is 2. The first-order chi connectivity index (χ1) is 11.6. The Morgan fingerprint density at radius 2 is 2.24 bits per heavy atom. The van der Waals surface area contributed by atoms with Gasteiger partial charge >= 0.3 is 18.2 Å². The Balaban J connectivity index is 1.68. The minimum atomic E-state index is -4.68. The van der Waals surface area contributed by atoms with Crippen molar-refractivity contribution in [2.45, 2.75) is 18.0 Å². The van der Waals surface area contributed by atoms with Gasteiger partial charge in [-0.05, 0) is 6.07 Å². The number of aromatic nitrogens is 2. The lowest BCUT2D eigenvalue weighted by molar-refractivity contribution is -0.214. The molecule has 138 valence electrons. The van der Waals surface area contributed by atoms with Crippen molar-refractivity contribution in [3.63, 3.8) is 0 Å². The summed E-state index contributed by atoms with van der Waals surface area (Å²) in [6, 6.07) is 0.830. The van der Waals surface area contributed by atoms with Crippen molar-refractivity contribution in [2.75, 3.05) is 26.0 Å². The van der Waals surface area contributed by atoms with Gasteiger partial charge in [-0.15, -0.1) is 0 Å². The molecular weight excluding hydrogens is 365 g/mol. The van der Waals surface area contributed by atoms with Crippen LogP contribution in [-0.2, 0) is 16.4 Å². The van der Waals surface area contributed by atoms with Crippen molar-refractivity contribution < 1.29 is 31.1 Å². The number of sulfone groups is 1. The number of likely N-dealkylation sites (tertiary alicyclic amines) is 1. The van der Waals surface area contributed by atoms with E-state index in [0.717, 1.165) is 4.90 Å². The molecule has 1 aromatic rings. The van der Waals surface area contributed by atoms with E-state index in [-0.39, 0.29) is 12.6 Å². The molecule has 3 heterocycles. The highest BCUT2D eigenvalue weighted by atomic mass is 32.2. The number of halogens is 3. The molecule has 2 aliphatic heterocycles. The molecule has 2 fully saturated rings. The van der Waals surface area contributed by atoms with Gasteiger partial charge in [0.15, 0.2) is 9.84 Å². The van der Waals surface area contributed by atoms with Crippen molar-refractivity contribution in [3.8, 4) is 6.01 Å². The summed E-state index contributed by atoms with van der Waals surface area (Å²) in [7, 11) is -2.45. The Hall–Kier alpha value is -2.11. The normalized spacial score (nSPS) is 27.4. The number of methoxy groups -OCH3 is 1. The fourth-order valence-electron chi connectivity index (χ4n) is 3.20. The third-order valence-electron chi connectivity index (χ3n) is 4.51. The van der Waals surface area contributed by atoms with Crippen LogP contribution in [-0.4, -0.2) is 66.7 Å². The highest BCUT2D eigenvalue weighted by Gasteiger charge is 2.75. The van der Waals surface area contributed by atoms with Gasteiger partial charge in [0.25, 0.3) is 0 Å². The van der Waals surface area contributed by atoms with Crippen molar-refractivity contribution in [2.24, 2.45) is 5.41 Å². The number of rotatable bonds is 3. The fourth-order valence-corrected chi connectivity index (χ4v) is 5.66. The van der Waals surface area contributed by atoms with Gasteiger partial charge in [0.2, 0.25) is 0 Å². The molecule has 12 heteroatoms. The van der Waals surface area contributed by atoms with Crippen LogP contribution in [0.3, 0.4) is 0 Å². The average molecular weight is 380 g/mol. The number of carbonyl (C=O) groups excluding carboxylic acids is 1. The zero-order valence-corrected chi connectivity index (χ0v) is 13.9. The van der Waals surface area contributed by atoms with E-state index < -0.39 is 51.6 Å². The van der Waals surface area contributed by atoms with Crippen LogP contribution < -0.4 is 10.1 Å². The largest absolute Gasteiger partial charge is 0.467 e. The Morgan fingerprint density at radius 3 is 2.80 bits per heavy atom. The summed E-state index contributed by atoms with van der Waals surface area (Å²) in [6.45, 7) is -1.19. The molecule has 25 heavy (non-hydrogen) atoms. The van der Waals surface area contributed by atoms with Crippen LogP contribution in [0.25, 0.3) is 0 Å². The second-order valence-corrected chi connectivity index (χ2v) is 8.21. The van der Waals surface area contributed by atoms with Crippen LogP contribution in [0.1, 0.15) is 5.69 Å². The van der Waals surface area contributed by atoms with Crippen LogP contribution in [0, 0.1) is 5.41 Å². The minimum absolute atomic E-state index is 0.0509. The van der Waals surface area contributed by atoms with E-state index >= 15 is 0 Å². The summed E-state index contributed by atoms with van der Waals surface area (Å²) in [6.07, 6.45) is -3.27. The van der Waals surface area contributed by atoms with Crippen LogP contribution in [0.15, 0.2) is 12.3 Å². The first kappa shape index (κ1) is 17.7. The summed E-state index contributed by atoms with van der Waals surface area (Å²) >= 11 is 0. The smallest absolute Gasteiger partial charge is 0.398 e. The third kappa shape index (κ3) is 2.87. The summed E-state index contributed by atoms with van der Waals surface area (Å²) in [5, 5.41) is 0.843. The molecule has 0 aromatic carbocycles. The van der Waals surface area contributed by atoms with Crippen LogP contribution in [0.5, 0.6) is 6.01 Å². The van der Waals surface area contributed by atoms with E-state index in [9.17, 15) is 26.4 Å². The number of nitrogens with one attached hydrogen (secondary N) is 1. The molecule has 1 N–H and O–H groups in total. The summed E-state index contributed by atoms with van der Waals surface area (Å²) in [5.74, 6) is -0.971. The quantitative estimate of drug-likeness (QED) is 0.812. The molecule has 2 atom stereocenters. The Labute approximate surface area is 141 Å². The number of nitrogens with zero attached hydrogens (tertiary/aromatic N) is 3. The van der Waals surface area contributed by atoms with Gasteiger partial charge in [0.05, 0.1) is 30.4 Å². The molecule has 0 aliphatic carbocycles. The van der Waals surface area contributed by atoms with Gasteiger partial charge in [0, 0.05) is 19.3 Å². The molecule has 0 radical (unpaired) electrons. The van der Waals surface area contributed by atoms with Gasteiger partial charge in [0.1, 0.15) is 5.41 Å². The van der Waals surface area contributed by atoms with Crippen LogP contribution >= 0.6 is 0 Å². The monoisotopic (exact) mass is 380 g/mol. The van der Waals surface area contributed by atoms with E-state index in [1.165, 1.54) is 19.4 Å². The fraction of sp³-hybridized carbons (Fsp3) is 0.615. The molecule has 0 saturated carbocycles. The van der Waals surface area contributed by atoms with Gasteiger partial charge < -0.3 is 15.0 Å². The molecule has 0 spiro atoms. The predicted octanol–water partition coefficient (Wildman–Crippen LogP) is 0.356. The maximum absolute atomic E-state index is 13.3. The zero-order chi connectivity index (χ0) is 18.5. The van der Waals surface area contributed by atoms with E-state index in [4.69, 9.17) is 4.74 Å². The van der Waals surface area contributed by atoms with E-state index in [1.54, 1.807) is 0 Å². The maximum atomic E-state index is 13.3. The standard InChI is InChI=1S/C13H15F3N4O4S/c1-24-10-17-3-2-8(19-10)4-18-11(21)20-5-9-12(6-20,13(14,15)16)7-25(9,22)23/h2-3,9H,4-7H2,1H3,(H,18,21)/t9-,12+/m1/s1. The molecule has 2 aliphatic rings. The molecule has 2 saturated heterocycles. The highest BCUT2D eigenvalue weighted by Crippen LogP contribution is 2.55. The Kier molecular flexibility index (Phi) is 4.05. The van der Waals surface area contributed by atoms with Gasteiger partial charge in [-0.3, -0.25) is 0 Å². The Morgan fingerprint density at radius 1 is 1.52 bits per heavy atom. The second kappa shape index (κ2) is 5.71. The number of hydrogen-bond donors (Lipinski definition) is 1. The molecule has 0 bridgehead atoms. The van der Waals surface area contributed by atoms with E-state index in [0.29, 0.717) is 5.69 Å². The highest BCUT2D eigenvalue weighted by molar-refractivity contribution is 7.93. The second-order valence-electron chi connectivity index (χ2n) is 6.02. The number of alkyl halides is 3. The molecule has 8 nitrogen and oxygen atoms in total. The van der Waals surface area contributed by atoms with Crippen LogP contribution in [0.2, 0.25) is 0 Å². The van der Waals surface area contributed by atoms with E-state index in [1.807, 2.05) is 0 Å². The van der Waals surface area contributed by atoms with Gasteiger partial charge in [-0.2, -0.15) is 18.2 Å². The molecule has 0 unspecified atom stereocenters. The minimum Gasteiger partial charge on any atom is -0.467 e. The number of fused-ring (bicyclic) bond motifs is 1. The lowest BCUT2D eigenvalue weighted by Crippen LogP contribution is -2.64. The SMILES string of the molecule is COc1nccc(CNC(=O)N2C[C@@H]3[C@](C(F)(F)F)(C2)CS3(=O)=O)n1. The molecule has 1 aromatic heterocycles. The average Bonchev–Trinajstić information content (AvgIpc) is 2.89. The molecule has 2 amide bonds. The number of carbonyl (C=O) groups is 1. The molecule has 3 rings (SSSR count). The van der Waals surface area contributed by atoms with Crippen molar-refractivity contribution in [1.29, 1.82) is 0 Å². The lowest BCUT2D eigenvalue weighted by atomic mass is 9.87. The number of ether oxygens (including phenoxy) is 1. The van der Waals surface area contributed by atoms with Gasteiger partial charge in [-0.25, -0.2) is 18.2 Å². The summed E-state index contributed by atoms with van der Waals surface area (Å²) < 4.78 is 68.1. The zero-order valence-electron chi connectivity index (χ0n) is 13.1. The van der Waals surface area contributed by atoms with Gasteiger partial charge in [-0.1, -0.05) is 0 Å².